The third kappa shape index (κ3) is 4.53. The third-order valence-electron chi connectivity index (χ3n) is 3.87. The van der Waals surface area contributed by atoms with Crippen molar-refractivity contribution in [1.82, 2.24) is 4.90 Å². The molecule has 0 aromatic heterocycles. The first-order valence-corrected chi connectivity index (χ1v) is 7.03. The number of thiocarbonyl (C=S) groups is 1. The SMILES string of the molecule is CC(C)(CCCN1CCCCC1CO)C(N)=S. The van der Waals surface area contributed by atoms with Crippen molar-refractivity contribution < 1.29 is 5.11 Å². The zero-order valence-corrected chi connectivity index (χ0v) is 11.9. The third-order valence-corrected chi connectivity index (χ3v) is 4.43. The van der Waals surface area contributed by atoms with E-state index in [0.717, 1.165) is 32.4 Å². The molecular formula is C13H26N2OS. The fraction of sp³-hybridized carbons (Fsp3) is 0.923. The number of hydrogen-bond acceptors (Lipinski definition) is 3. The molecule has 0 aromatic carbocycles. The monoisotopic (exact) mass is 258 g/mol. The van der Waals surface area contributed by atoms with Crippen LogP contribution in [0.1, 0.15) is 46.0 Å². The molecule has 0 bridgehead atoms. The summed E-state index contributed by atoms with van der Waals surface area (Å²) in [5.74, 6) is 0. The molecule has 0 aliphatic carbocycles. The maximum absolute atomic E-state index is 9.33. The number of likely N-dealkylation sites (tertiary alicyclic amines) is 1. The Labute approximate surface area is 110 Å². The molecule has 3 N–H and O–H groups in total. The summed E-state index contributed by atoms with van der Waals surface area (Å²) in [6.45, 7) is 6.68. The molecule has 1 aliphatic rings. The average Bonchev–Trinajstić information content (AvgIpc) is 2.29. The lowest BCUT2D eigenvalue weighted by molar-refractivity contribution is 0.0872. The molecule has 17 heavy (non-hydrogen) atoms. The largest absolute Gasteiger partial charge is 0.395 e. The number of nitrogens with zero attached hydrogens (tertiary/aromatic N) is 1. The molecule has 0 amide bonds. The molecule has 4 heteroatoms. The number of rotatable bonds is 6. The summed E-state index contributed by atoms with van der Waals surface area (Å²) in [6, 6.07) is 0.372. The maximum atomic E-state index is 9.33. The number of hydrogen-bond donors (Lipinski definition) is 2. The minimum absolute atomic E-state index is 0.0418. The lowest BCUT2D eigenvalue weighted by atomic mass is 9.87. The Morgan fingerprint density at radius 3 is 2.76 bits per heavy atom. The molecule has 0 saturated carbocycles. The number of piperidine rings is 1. The van der Waals surface area contributed by atoms with Crippen LogP contribution in [-0.4, -0.2) is 40.7 Å². The van der Waals surface area contributed by atoms with Gasteiger partial charge in [0, 0.05) is 11.5 Å². The second-order valence-corrected chi connectivity index (χ2v) is 6.16. The standard InChI is InChI=1S/C13H26N2OS/c1-13(2,12(14)17)7-5-9-15-8-4-3-6-11(15)10-16/h11,16H,3-10H2,1-2H3,(H2,14,17). The van der Waals surface area contributed by atoms with Gasteiger partial charge in [-0.1, -0.05) is 32.5 Å². The Bertz CT molecular complexity index is 256. The highest BCUT2D eigenvalue weighted by molar-refractivity contribution is 7.80. The summed E-state index contributed by atoms with van der Waals surface area (Å²) in [5, 5.41) is 9.33. The molecule has 100 valence electrons. The van der Waals surface area contributed by atoms with E-state index in [9.17, 15) is 5.11 Å². The summed E-state index contributed by atoms with van der Waals surface area (Å²) in [7, 11) is 0. The van der Waals surface area contributed by atoms with Crippen LogP contribution in [0.15, 0.2) is 0 Å². The van der Waals surface area contributed by atoms with Crippen LogP contribution >= 0.6 is 12.2 Å². The Morgan fingerprint density at radius 2 is 2.18 bits per heavy atom. The van der Waals surface area contributed by atoms with E-state index in [-0.39, 0.29) is 5.41 Å². The Hall–Kier alpha value is -0.190. The Balaban J connectivity index is 2.32. The predicted molar refractivity (Wildman–Crippen MR) is 76.1 cm³/mol. The zero-order chi connectivity index (χ0) is 12.9. The molecule has 1 aliphatic heterocycles. The average molecular weight is 258 g/mol. The van der Waals surface area contributed by atoms with Gasteiger partial charge in [0.2, 0.25) is 0 Å². The molecule has 1 fully saturated rings. The van der Waals surface area contributed by atoms with Crippen LogP contribution in [-0.2, 0) is 0 Å². The lowest BCUT2D eigenvalue weighted by Crippen LogP contribution is -2.42. The van der Waals surface area contributed by atoms with E-state index in [1.54, 1.807) is 0 Å². The van der Waals surface area contributed by atoms with E-state index in [1.165, 1.54) is 12.8 Å². The first-order chi connectivity index (χ1) is 7.97. The highest BCUT2D eigenvalue weighted by atomic mass is 32.1. The van der Waals surface area contributed by atoms with Gasteiger partial charge in [0.05, 0.1) is 11.6 Å². The van der Waals surface area contributed by atoms with Crippen molar-refractivity contribution in [3.8, 4) is 0 Å². The lowest BCUT2D eigenvalue weighted by Gasteiger charge is -2.35. The van der Waals surface area contributed by atoms with Crippen molar-refractivity contribution in [2.45, 2.75) is 52.0 Å². The van der Waals surface area contributed by atoms with Gasteiger partial charge in [0.15, 0.2) is 0 Å². The van der Waals surface area contributed by atoms with Crippen molar-refractivity contribution in [2.75, 3.05) is 19.7 Å². The van der Waals surface area contributed by atoms with Crippen molar-refractivity contribution in [3.05, 3.63) is 0 Å². The van der Waals surface area contributed by atoms with Gasteiger partial charge < -0.3 is 10.8 Å². The molecule has 1 atom stereocenters. The minimum Gasteiger partial charge on any atom is -0.395 e. The molecule has 1 rings (SSSR count). The smallest absolute Gasteiger partial charge is 0.0784 e. The normalized spacial score (nSPS) is 22.6. The molecule has 3 nitrogen and oxygen atoms in total. The molecule has 1 heterocycles. The van der Waals surface area contributed by atoms with Crippen LogP contribution in [0.2, 0.25) is 0 Å². The number of aliphatic hydroxyl groups is 1. The summed E-state index contributed by atoms with van der Waals surface area (Å²) in [5.41, 5.74) is 5.68. The van der Waals surface area contributed by atoms with Gasteiger partial charge in [-0.25, -0.2) is 0 Å². The molecular weight excluding hydrogens is 232 g/mol. The van der Waals surface area contributed by atoms with Crippen LogP contribution in [0.3, 0.4) is 0 Å². The number of nitrogens with two attached hydrogens (primary N) is 1. The van der Waals surface area contributed by atoms with E-state index < -0.39 is 0 Å². The van der Waals surface area contributed by atoms with Crippen molar-refractivity contribution >= 4 is 17.2 Å². The molecule has 0 radical (unpaired) electrons. The Morgan fingerprint density at radius 1 is 1.47 bits per heavy atom. The van der Waals surface area contributed by atoms with Crippen LogP contribution in [0.5, 0.6) is 0 Å². The predicted octanol–water partition coefficient (Wildman–Crippen LogP) is 1.93. The molecule has 1 saturated heterocycles. The second kappa shape index (κ2) is 6.66. The summed E-state index contributed by atoms with van der Waals surface area (Å²) >= 11 is 5.07. The van der Waals surface area contributed by atoms with E-state index in [2.05, 4.69) is 18.7 Å². The molecule has 0 aromatic rings. The second-order valence-electron chi connectivity index (χ2n) is 5.72. The molecule has 1 unspecified atom stereocenters. The van der Waals surface area contributed by atoms with E-state index in [1.807, 2.05) is 0 Å². The van der Waals surface area contributed by atoms with Gasteiger partial charge >= 0.3 is 0 Å². The van der Waals surface area contributed by atoms with Crippen molar-refractivity contribution in [3.63, 3.8) is 0 Å². The van der Waals surface area contributed by atoms with Crippen LogP contribution < -0.4 is 5.73 Å². The summed E-state index contributed by atoms with van der Waals surface area (Å²) in [6.07, 6.45) is 5.77. The van der Waals surface area contributed by atoms with E-state index in [0.29, 0.717) is 17.6 Å². The van der Waals surface area contributed by atoms with Gasteiger partial charge in [0.1, 0.15) is 0 Å². The highest BCUT2D eigenvalue weighted by Crippen LogP contribution is 2.24. The van der Waals surface area contributed by atoms with Crippen molar-refractivity contribution in [2.24, 2.45) is 11.1 Å². The van der Waals surface area contributed by atoms with Crippen LogP contribution in [0, 0.1) is 5.41 Å². The fourth-order valence-electron chi connectivity index (χ4n) is 2.41. The molecule has 0 spiro atoms. The minimum atomic E-state index is -0.0418. The van der Waals surface area contributed by atoms with Gasteiger partial charge in [-0.15, -0.1) is 0 Å². The first kappa shape index (κ1) is 14.9. The fourth-order valence-corrected chi connectivity index (χ4v) is 2.51. The van der Waals surface area contributed by atoms with Crippen molar-refractivity contribution in [1.29, 1.82) is 0 Å². The zero-order valence-electron chi connectivity index (χ0n) is 11.1. The summed E-state index contributed by atoms with van der Waals surface area (Å²) in [4.78, 5) is 3.02. The first-order valence-electron chi connectivity index (χ1n) is 6.62. The highest BCUT2D eigenvalue weighted by Gasteiger charge is 2.24. The van der Waals surface area contributed by atoms with Crippen LogP contribution in [0.4, 0.5) is 0 Å². The van der Waals surface area contributed by atoms with E-state index >= 15 is 0 Å². The van der Waals surface area contributed by atoms with E-state index in [4.69, 9.17) is 18.0 Å². The van der Waals surface area contributed by atoms with Gasteiger partial charge in [0.25, 0.3) is 0 Å². The Kier molecular flexibility index (Phi) is 5.83. The topological polar surface area (TPSA) is 49.5 Å². The quantitative estimate of drug-likeness (QED) is 0.715. The van der Waals surface area contributed by atoms with Crippen LogP contribution in [0.25, 0.3) is 0 Å². The van der Waals surface area contributed by atoms with Gasteiger partial charge in [-0.05, 0) is 38.8 Å². The summed E-state index contributed by atoms with van der Waals surface area (Å²) < 4.78 is 0. The maximum Gasteiger partial charge on any atom is 0.0784 e. The number of aliphatic hydroxyl groups excluding tert-OH is 1. The van der Waals surface area contributed by atoms with Gasteiger partial charge in [-0.2, -0.15) is 0 Å². The van der Waals surface area contributed by atoms with Gasteiger partial charge in [-0.3, -0.25) is 4.90 Å².